The van der Waals surface area contributed by atoms with Gasteiger partial charge in [-0.3, -0.25) is 9.59 Å². The van der Waals surface area contributed by atoms with Gasteiger partial charge in [-0.15, -0.1) is 0 Å². The Hall–Kier alpha value is -3.53. The van der Waals surface area contributed by atoms with E-state index >= 15 is 0 Å². The number of carbonyl (C=O) groups is 2. The summed E-state index contributed by atoms with van der Waals surface area (Å²) in [6.45, 7) is 5.34. The molecule has 42 heavy (non-hydrogen) atoms. The van der Waals surface area contributed by atoms with Crippen LogP contribution < -0.4 is 5.32 Å². The smallest absolute Gasteiger partial charge is 0.243 e. The average molecular weight is 651 g/mol. The molecule has 0 fully saturated rings. The summed E-state index contributed by atoms with van der Waals surface area (Å²) in [6.07, 6.45) is 0.267. The van der Waals surface area contributed by atoms with Crippen molar-refractivity contribution in [2.75, 3.05) is 13.6 Å². The highest BCUT2D eigenvalue weighted by atomic mass is 79.9. The summed E-state index contributed by atoms with van der Waals surface area (Å²) >= 11 is 3.49. The topological polar surface area (TPSA) is 86.8 Å². The van der Waals surface area contributed by atoms with E-state index in [1.807, 2.05) is 99.6 Å². The molecule has 220 valence electrons. The molecule has 0 aliphatic heterocycles. The van der Waals surface area contributed by atoms with Gasteiger partial charge in [0, 0.05) is 30.0 Å². The number of halogens is 1. The van der Waals surface area contributed by atoms with Crippen molar-refractivity contribution in [3.8, 4) is 0 Å². The van der Waals surface area contributed by atoms with Gasteiger partial charge in [0.2, 0.25) is 21.8 Å². The summed E-state index contributed by atoms with van der Waals surface area (Å²) in [5.41, 5.74) is 1.15. The number of likely N-dealkylation sites (N-methyl/N-ethyl adjacent to an activating group) is 1. The molecule has 0 heterocycles. The van der Waals surface area contributed by atoms with E-state index in [1.54, 1.807) is 18.2 Å². The second-order valence-electron chi connectivity index (χ2n) is 11.4. The molecule has 1 atom stereocenters. The zero-order valence-electron chi connectivity index (χ0n) is 24.2. The van der Waals surface area contributed by atoms with Crippen molar-refractivity contribution in [3.63, 3.8) is 0 Å². The molecule has 0 aliphatic carbocycles. The van der Waals surface area contributed by atoms with Gasteiger partial charge in [-0.2, -0.15) is 4.31 Å². The minimum Gasteiger partial charge on any atom is -0.350 e. The number of sulfonamides is 1. The highest BCUT2D eigenvalue weighted by Crippen LogP contribution is 2.23. The van der Waals surface area contributed by atoms with Crippen molar-refractivity contribution in [2.24, 2.45) is 0 Å². The van der Waals surface area contributed by atoms with Gasteiger partial charge in [0.15, 0.2) is 0 Å². The number of carbonyl (C=O) groups excluding carboxylic acids is 2. The van der Waals surface area contributed by atoms with Crippen LogP contribution >= 0.6 is 15.9 Å². The third kappa shape index (κ3) is 8.06. The van der Waals surface area contributed by atoms with Crippen molar-refractivity contribution in [1.82, 2.24) is 14.5 Å². The summed E-state index contributed by atoms with van der Waals surface area (Å²) in [7, 11) is -2.60. The fourth-order valence-electron chi connectivity index (χ4n) is 4.71. The van der Waals surface area contributed by atoms with E-state index < -0.39 is 34.1 Å². The first-order chi connectivity index (χ1) is 19.8. The Morgan fingerprint density at radius 3 is 2.14 bits per heavy atom. The Labute approximate surface area is 256 Å². The van der Waals surface area contributed by atoms with E-state index in [0.717, 1.165) is 30.7 Å². The lowest BCUT2D eigenvalue weighted by atomic mass is 10.0. The SMILES string of the molecule is CN(CC(=O)N(Cc1cccc(Br)c1)C(Cc1ccccc1)C(=O)NC(C)(C)C)S(=O)(=O)c1ccc2ccccc2c1. The predicted octanol–water partition coefficient (Wildman–Crippen LogP) is 5.78. The standard InChI is InChI=1S/C33H36BrN3O4S/c1-33(2,3)35-32(39)30(20-24-11-6-5-7-12-24)37(22-25-13-10-16-28(34)19-25)31(38)23-36(4)42(40,41)29-18-17-26-14-8-9-15-27(26)21-29/h5-19,21,30H,20,22-23H2,1-4H3,(H,35,39). The van der Waals surface area contributed by atoms with Crippen LogP contribution in [0.15, 0.2) is 106 Å². The monoisotopic (exact) mass is 649 g/mol. The van der Waals surface area contributed by atoms with Crippen molar-refractivity contribution in [3.05, 3.63) is 113 Å². The van der Waals surface area contributed by atoms with Gasteiger partial charge < -0.3 is 10.2 Å². The van der Waals surface area contributed by atoms with Crippen LogP contribution in [0.2, 0.25) is 0 Å². The van der Waals surface area contributed by atoms with Crippen molar-refractivity contribution < 1.29 is 18.0 Å². The van der Waals surface area contributed by atoms with E-state index in [9.17, 15) is 18.0 Å². The Bertz CT molecular complexity index is 1670. The maximum atomic E-state index is 14.1. The number of benzene rings is 4. The highest BCUT2D eigenvalue weighted by Gasteiger charge is 2.34. The van der Waals surface area contributed by atoms with Gasteiger partial charge in [-0.25, -0.2) is 8.42 Å². The minimum atomic E-state index is -3.99. The van der Waals surface area contributed by atoms with E-state index in [-0.39, 0.29) is 23.8 Å². The first kappa shape index (κ1) is 31.4. The number of fused-ring (bicyclic) bond motifs is 1. The summed E-state index contributed by atoms with van der Waals surface area (Å²) in [5, 5.41) is 4.73. The molecule has 0 aromatic heterocycles. The zero-order valence-corrected chi connectivity index (χ0v) is 26.7. The van der Waals surface area contributed by atoms with Gasteiger partial charge in [-0.1, -0.05) is 88.7 Å². The highest BCUT2D eigenvalue weighted by molar-refractivity contribution is 9.10. The fraction of sp³-hybridized carbons (Fsp3) is 0.273. The maximum Gasteiger partial charge on any atom is 0.243 e. The second kappa shape index (κ2) is 13.2. The lowest BCUT2D eigenvalue weighted by Gasteiger charge is -2.34. The van der Waals surface area contributed by atoms with Crippen LogP contribution in [0.25, 0.3) is 10.8 Å². The van der Waals surface area contributed by atoms with Crippen LogP contribution in [0.1, 0.15) is 31.9 Å². The third-order valence-corrected chi connectivity index (χ3v) is 9.09. The zero-order chi connectivity index (χ0) is 30.5. The molecule has 0 saturated heterocycles. The number of amides is 2. The summed E-state index contributed by atoms with van der Waals surface area (Å²) < 4.78 is 29.1. The third-order valence-electron chi connectivity index (χ3n) is 6.80. The Morgan fingerprint density at radius 1 is 0.833 bits per heavy atom. The quantitative estimate of drug-likeness (QED) is 0.236. The van der Waals surface area contributed by atoms with E-state index in [1.165, 1.54) is 11.9 Å². The van der Waals surface area contributed by atoms with Gasteiger partial charge in [0.25, 0.3) is 0 Å². The van der Waals surface area contributed by atoms with Crippen molar-refractivity contribution in [1.29, 1.82) is 0 Å². The maximum absolute atomic E-state index is 14.1. The average Bonchev–Trinajstić information content (AvgIpc) is 2.94. The number of hydrogen-bond donors (Lipinski definition) is 1. The second-order valence-corrected chi connectivity index (χ2v) is 14.3. The summed E-state index contributed by atoms with van der Waals surface area (Å²) in [5.74, 6) is -0.790. The molecule has 0 radical (unpaired) electrons. The van der Waals surface area contributed by atoms with Crippen LogP contribution in [-0.2, 0) is 32.6 Å². The predicted molar refractivity (Wildman–Crippen MR) is 170 cm³/mol. The van der Waals surface area contributed by atoms with Gasteiger partial charge >= 0.3 is 0 Å². The Kier molecular flexibility index (Phi) is 9.86. The molecule has 4 aromatic carbocycles. The number of rotatable bonds is 10. The normalized spacial score (nSPS) is 12.7. The van der Waals surface area contributed by atoms with Crippen LogP contribution in [0.5, 0.6) is 0 Å². The lowest BCUT2D eigenvalue weighted by molar-refractivity contribution is -0.141. The first-order valence-corrected chi connectivity index (χ1v) is 15.9. The molecule has 9 heteroatoms. The molecule has 2 amide bonds. The van der Waals surface area contributed by atoms with E-state index in [2.05, 4.69) is 21.2 Å². The van der Waals surface area contributed by atoms with Crippen LogP contribution in [-0.4, -0.2) is 54.6 Å². The van der Waals surface area contributed by atoms with Crippen molar-refractivity contribution >= 4 is 48.5 Å². The molecule has 0 aliphatic rings. The van der Waals surface area contributed by atoms with Crippen LogP contribution in [0.3, 0.4) is 0 Å². The molecule has 0 spiro atoms. The van der Waals surface area contributed by atoms with Gasteiger partial charge in [-0.05, 0) is 66.9 Å². The van der Waals surface area contributed by atoms with Gasteiger partial charge in [0.1, 0.15) is 6.04 Å². The molecule has 1 unspecified atom stereocenters. The first-order valence-electron chi connectivity index (χ1n) is 13.7. The molecule has 1 N–H and O–H groups in total. The Morgan fingerprint density at radius 2 is 1.48 bits per heavy atom. The van der Waals surface area contributed by atoms with Gasteiger partial charge in [0.05, 0.1) is 11.4 Å². The van der Waals surface area contributed by atoms with E-state index in [4.69, 9.17) is 0 Å². The van der Waals surface area contributed by atoms with Crippen LogP contribution in [0, 0.1) is 0 Å². The fourth-order valence-corrected chi connectivity index (χ4v) is 6.32. The molecular formula is C33H36BrN3O4S. The molecule has 7 nitrogen and oxygen atoms in total. The Balaban J connectivity index is 1.69. The van der Waals surface area contributed by atoms with Crippen LogP contribution in [0.4, 0.5) is 0 Å². The lowest BCUT2D eigenvalue weighted by Crippen LogP contribution is -2.56. The summed E-state index contributed by atoms with van der Waals surface area (Å²) in [4.78, 5) is 29.4. The molecular weight excluding hydrogens is 614 g/mol. The number of nitrogens with one attached hydrogen (secondary N) is 1. The number of hydrogen-bond acceptors (Lipinski definition) is 4. The minimum absolute atomic E-state index is 0.0985. The molecule has 4 aromatic rings. The largest absolute Gasteiger partial charge is 0.350 e. The van der Waals surface area contributed by atoms with Crippen molar-refractivity contribution in [2.45, 2.75) is 50.2 Å². The molecule has 0 saturated carbocycles. The molecule has 0 bridgehead atoms. The molecule has 4 rings (SSSR count). The van der Waals surface area contributed by atoms with E-state index in [0.29, 0.717) is 0 Å². The number of nitrogens with zero attached hydrogens (tertiary/aromatic N) is 2. The summed E-state index contributed by atoms with van der Waals surface area (Å²) in [6, 6.07) is 28.5.